The SMILES string of the molecule is CCc1ccc(C(NN)c2ccc(Cl)s2)o1. The maximum Gasteiger partial charge on any atom is 0.127 e. The molecule has 1 atom stereocenters. The van der Waals surface area contributed by atoms with Gasteiger partial charge in [0.2, 0.25) is 0 Å². The molecule has 86 valence electrons. The Hall–Kier alpha value is -0.810. The Morgan fingerprint density at radius 2 is 2.25 bits per heavy atom. The molecule has 0 aliphatic carbocycles. The second-order valence-corrected chi connectivity index (χ2v) is 5.15. The van der Waals surface area contributed by atoms with Crippen LogP contribution in [0.15, 0.2) is 28.7 Å². The van der Waals surface area contributed by atoms with Gasteiger partial charge in [0.15, 0.2) is 0 Å². The number of thiophene rings is 1. The van der Waals surface area contributed by atoms with Gasteiger partial charge in [-0.2, -0.15) is 0 Å². The second-order valence-electron chi connectivity index (χ2n) is 3.40. The summed E-state index contributed by atoms with van der Waals surface area (Å²) in [6.45, 7) is 2.05. The fourth-order valence-corrected chi connectivity index (χ4v) is 2.66. The predicted octanol–water partition coefficient (Wildman–Crippen LogP) is 3.11. The number of furan rings is 1. The van der Waals surface area contributed by atoms with Crippen LogP contribution in [-0.2, 0) is 6.42 Å². The normalized spacial score (nSPS) is 12.9. The highest BCUT2D eigenvalue weighted by molar-refractivity contribution is 7.16. The molecule has 0 saturated carbocycles. The van der Waals surface area contributed by atoms with Gasteiger partial charge in [0.25, 0.3) is 0 Å². The summed E-state index contributed by atoms with van der Waals surface area (Å²) in [5.74, 6) is 7.32. The van der Waals surface area contributed by atoms with Crippen molar-refractivity contribution in [2.45, 2.75) is 19.4 Å². The van der Waals surface area contributed by atoms with Crippen molar-refractivity contribution in [2.24, 2.45) is 5.84 Å². The van der Waals surface area contributed by atoms with Gasteiger partial charge in [-0.15, -0.1) is 11.3 Å². The standard InChI is InChI=1S/C11H13ClN2OS/c1-2-7-3-4-8(15-7)11(14-13)9-5-6-10(12)16-9/h3-6,11,14H,2,13H2,1H3. The van der Waals surface area contributed by atoms with Crippen LogP contribution in [-0.4, -0.2) is 0 Å². The fourth-order valence-electron chi connectivity index (χ4n) is 1.53. The highest BCUT2D eigenvalue weighted by atomic mass is 35.5. The van der Waals surface area contributed by atoms with Gasteiger partial charge in [0.1, 0.15) is 17.6 Å². The van der Waals surface area contributed by atoms with Crippen LogP contribution in [0.4, 0.5) is 0 Å². The molecule has 1 unspecified atom stereocenters. The number of nitrogens with one attached hydrogen (secondary N) is 1. The number of hydrazine groups is 1. The molecular weight excluding hydrogens is 244 g/mol. The molecular formula is C11H13ClN2OS. The summed E-state index contributed by atoms with van der Waals surface area (Å²) >= 11 is 7.40. The van der Waals surface area contributed by atoms with Gasteiger partial charge in [0.05, 0.1) is 4.34 Å². The Morgan fingerprint density at radius 3 is 2.75 bits per heavy atom. The lowest BCUT2D eigenvalue weighted by molar-refractivity contribution is 0.428. The van der Waals surface area contributed by atoms with Gasteiger partial charge < -0.3 is 4.42 Å². The summed E-state index contributed by atoms with van der Waals surface area (Å²) in [6.07, 6.45) is 0.877. The number of aryl methyl sites for hydroxylation is 1. The minimum absolute atomic E-state index is 0.127. The van der Waals surface area contributed by atoms with Gasteiger partial charge >= 0.3 is 0 Å². The topological polar surface area (TPSA) is 51.2 Å². The summed E-state index contributed by atoms with van der Waals surface area (Å²) in [6, 6.07) is 7.59. The zero-order valence-corrected chi connectivity index (χ0v) is 10.4. The first kappa shape index (κ1) is 11.7. The number of rotatable bonds is 4. The zero-order chi connectivity index (χ0) is 11.5. The molecule has 5 heteroatoms. The Balaban J connectivity index is 2.28. The molecule has 3 N–H and O–H groups in total. The van der Waals surface area contributed by atoms with E-state index in [9.17, 15) is 0 Å². The van der Waals surface area contributed by atoms with Crippen molar-refractivity contribution >= 4 is 22.9 Å². The Kier molecular flexibility index (Phi) is 3.66. The van der Waals surface area contributed by atoms with Crippen LogP contribution in [0.2, 0.25) is 4.34 Å². The minimum atomic E-state index is -0.127. The van der Waals surface area contributed by atoms with E-state index >= 15 is 0 Å². The van der Waals surface area contributed by atoms with Crippen molar-refractivity contribution in [2.75, 3.05) is 0 Å². The molecule has 3 nitrogen and oxygen atoms in total. The largest absolute Gasteiger partial charge is 0.464 e. The second kappa shape index (κ2) is 5.01. The van der Waals surface area contributed by atoms with Gasteiger partial charge in [-0.25, -0.2) is 5.43 Å². The quantitative estimate of drug-likeness (QED) is 0.653. The Labute approximate surface area is 103 Å². The molecule has 16 heavy (non-hydrogen) atoms. The molecule has 2 aromatic rings. The lowest BCUT2D eigenvalue weighted by Crippen LogP contribution is -2.27. The monoisotopic (exact) mass is 256 g/mol. The van der Waals surface area contributed by atoms with Gasteiger partial charge in [0, 0.05) is 11.3 Å². The third kappa shape index (κ3) is 2.30. The third-order valence-electron chi connectivity index (χ3n) is 2.36. The molecule has 0 saturated heterocycles. The summed E-state index contributed by atoms with van der Waals surface area (Å²) in [5, 5.41) is 0. The number of hydrogen-bond donors (Lipinski definition) is 2. The van der Waals surface area contributed by atoms with E-state index in [0.29, 0.717) is 0 Å². The van der Waals surface area contributed by atoms with Gasteiger partial charge in [-0.1, -0.05) is 18.5 Å². The van der Waals surface area contributed by atoms with Crippen LogP contribution in [0, 0.1) is 0 Å². The average molecular weight is 257 g/mol. The van der Waals surface area contributed by atoms with Crippen molar-refractivity contribution in [3.8, 4) is 0 Å². The number of hydrogen-bond acceptors (Lipinski definition) is 4. The zero-order valence-electron chi connectivity index (χ0n) is 8.87. The molecule has 2 rings (SSSR count). The molecule has 2 heterocycles. The van der Waals surface area contributed by atoms with Crippen LogP contribution in [0.1, 0.15) is 29.4 Å². The summed E-state index contributed by atoms with van der Waals surface area (Å²) in [4.78, 5) is 1.05. The number of nitrogens with two attached hydrogens (primary N) is 1. The number of halogens is 1. The lowest BCUT2D eigenvalue weighted by atomic mass is 10.2. The molecule has 0 aliphatic heterocycles. The van der Waals surface area contributed by atoms with Crippen LogP contribution in [0.5, 0.6) is 0 Å². The first-order valence-electron chi connectivity index (χ1n) is 5.04. The van der Waals surface area contributed by atoms with Crippen LogP contribution in [0.25, 0.3) is 0 Å². The molecule has 0 fully saturated rings. The van der Waals surface area contributed by atoms with E-state index in [4.69, 9.17) is 21.9 Å². The molecule has 0 bridgehead atoms. The van der Waals surface area contributed by atoms with E-state index in [1.54, 1.807) is 0 Å². The summed E-state index contributed by atoms with van der Waals surface area (Å²) in [7, 11) is 0. The van der Waals surface area contributed by atoms with E-state index in [-0.39, 0.29) is 6.04 Å². The maximum absolute atomic E-state index is 5.90. The van der Waals surface area contributed by atoms with Crippen molar-refractivity contribution in [1.29, 1.82) is 0 Å². The predicted molar refractivity (Wildman–Crippen MR) is 66.6 cm³/mol. The molecule has 0 amide bonds. The van der Waals surface area contributed by atoms with E-state index in [0.717, 1.165) is 27.2 Å². The van der Waals surface area contributed by atoms with E-state index < -0.39 is 0 Å². The van der Waals surface area contributed by atoms with Crippen molar-refractivity contribution in [1.82, 2.24) is 5.43 Å². The van der Waals surface area contributed by atoms with Crippen LogP contribution in [0.3, 0.4) is 0 Å². The molecule has 0 aliphatic rings. The van der Waals surface area contributed by atoms with Crippen LogP contribution >= 0.6 is 22.9 Å². The highest BCUT2D eigenvalue weighted by Gasteiger charge is 2.18. The third-order valence-corrected chi connectivity index (χ3v) is 3.66. The smallest absolute Gasteiger partial charge is 0.127 e. The van der Waals surface area contributed by atoms with E-state index in [1.165, 1.54) is 11.3 Å². The van der Waals surface area contributed by atoms with E-state index in [2.05, 4.69) is 12.3 Å². The maximum atomic E-state index is 5.90. The highest BCUT2D eigenvalue weighted by Crippen LogP contribution is 2.31. The molecule has 0 spiro atoms. The Bertz CT molecular complexity index is 466. The van der Waals surface area contributed by atoms with Crippen molar-refractivity contribution < 1.29 is 4.42 Å². The van der Waals surface area contributed by atoms with E-state index in [1.807, 2.05) is 24.3 Å². The first-order valence-corrected chi connectivity index (χ1v) is 6.24. The first-order chi connectivity index (χ1) is 7.74. The van der Waals surface area contributed by atoms with Crippen molar-refractivity contribution in [3.05, 3.63) is 45.0 Å². The average Bonchev–Trinajstić information content (AvgIpc) is 2.89. The molecule has 2 aromatic heterocycles. The van der Waals surface area contributed by atoms with Gasteiger partial charge in [-0.05, 0) is 24.3 Å². The Morgan fingerprint density at radius 1 is 1.44 bits per heavy atom. The molecule has 0 aromatic carbocycles. The summed E-state index contributed by atoms with van der Waals surface area (Å²) < 4.78 is 6.42. The lowest BCUT2D eigenvalue weighted by Gasteiger charge is -2.10. The summed E-state index contributed by atoms with van der Waals surface area (Å²) in [5.41, 5.74) is 2.74. The van der Waals surface area contributed by atoms with Gasteiger partial charge in [-0.3, -0.25) is 5.84 Å². The van der Waals surface area contributed by atoms with Crippen molar-refractivity contribution in [3.63, 3.8) is 0 Å². The van der Waals surface area contributed by atoms with Crippen LogP contribution < -0.4 is 11.3 Å². The fraction of sp³-hybridized carbons (Fsp3) is 0.273. The minimum Gasteiger partial charge on any atom is -0.464 e. The molecule has 0 radical (unpaired) electrons.